The topological polar surface area (TPSA) is 34.1 Å². The van der Waals surface area contributed by atoms with Gasteiger partial charge in [-0.3, -0.25) is 0 Å². The van der Waals surface area contributed by atoms with Gasteiger partial charge in [-0.15, -0.1) is 11.3 Å². The van der Waals surface area contributed by atoms with Crippen LogP contribution in [-0.4, -0.2) is 12.1 Å². The molecule has 18 heavy (non-hydrogen) atoms. The third kappa shape index (κ3) is 2.08. The molecule has 1 unspecified atom stereocenters. The minimum Gasteiger partial charge on any atom is -0.493 e. The van der Waals surface area contributed by atoms with E-state index in [-0.39, 0.29) is 0 Å². The van der Waals surface area contributed by atoms with Crippen molar-refractivity contribution in [3.63, 3.8) is 0 Å². The number of aryl methyl sites for hydroxylation is 1. The van der Waals surface area contributed by atoms with Crippen LogP contribution in [0, 0.1) is 0 Å². The van der Waals surface area contributed by atoms with E-state index in [1.54, 1.807) is 13.3 Å². The first-order valence-electron chi connectivity index (χ1n) is 6.20. The van der Waals surface area contributed by atoms with Gasteiger partial charge in [-0.25, -0.2) is 4.98 Å². The van der Waals surface area contributed by atoms with E-state index in [0.717, 1.165) is 18.0 Å². The number of rotatable bonds is 3. The highest BCUT2D eigenvalue weighted by molar-refractivity contribution is 7.10. The normalized spacial score (nSPS) is 18.2. The SMILES string of the molecule is COc1cccnc1NC1CCCc2sccc21. The summed E-state index contributed by atoms with van der Waals surface area (Å²) >= 11 is 1.86. The van der Waals surface area contributed by atoms with Crippen molar-refractivity contribution < 1.29 is 4.74 Å². The van der Waals surface area contributed by atoms with E-state index in [1.807, 2.05) is 23.5 Å². The number of nitrogens with zero attached hydrogens (tertiary/aromatic N) is 1. The summed E-state index contributed by atoms with van der Waals surface area (Å²) in [7, 11) is 1.68. The van der Waals surface area contributed by atoms with E-state index in [2.05, 4.69) is 21.7 Å². The maximum absolute atomic E-state index is 5.33. The molecule has 0 aromatic carbocycles. The van der Waals surface area contributed by atoms with Crippen LogP contribution in [0.2, 0.25) is 0 Å². The smallest absolute Gasteiger partial charge is 0.169 e. The molecule has 0 radical (unpaired) electrons. The number of nitrogens with one attached hydrogen (secondary N) is 1. The molecule has 0 saturated carbocycles. The van der Waals surface area contributed by atoms with Crippen LogP contribution >= 0.6 is 11.3 Å². The molecule has 1 N–H and O–H groups in total. The van der Waals surface area contributed by atoms with Gasteiger partial charge in [-0.05, 0) is 48.4 Å². The molecule has 2 heterocycles. The Hall–Kier alpha value is -1.55. The van der Waals surface area contributed by atoms with Crippen molar-refractivity contribution in [2.75, 3.05) is 12.4 Å². The van der Waals surface area contributed by atoms with Crippen molar-refractivity contribution in [2.24, 2.45) is 0 Å². The molecule has 0 saturated heterocycles. The Morgan fingerprint density at radius 2 is 2.39 bits per heavy atom. The molecule has 0 aliphatic heterocycles. The number of fused-ring (bicyclic) bond motifs is 1. The van der Waals surface area contributed by atoms with E-state index in [0.29, 0.717) is 6.04 Å². The lowest BCUT2D eigenvalue weighted by molar-refractivity contribution is 0.414. The average Bonchev–Trinajstić information content (AvgIpc) is 2.89. The molecule has 0 spiro atoms. The fourth-order valence-electron chi connectivity index (χ4n) is 2.47. The largest absolute Gasteiger partial charge is 0.493 e. The van der Waals surface area contributed by atoms with E-state index in [9.17, 15) is 0 Å². The summed E-state index contributed by atoms with van der Waals surface area (Å²) in [4.78, 5) is 5.88. The molecular weight excluding hydrogens is 244 g/mol. The van der Waals surface area contributed by atoms with Crippen molar-refractivity contribution in [3.05, 3.63) is 40.2 Å². The summed E-state index contributed by atoms with van der Waals surface area (Å²) in [6.07, 6.45) is 5.40. The second-order valence-electron chi connectivity index (χ2n) is 4.44. The van der Waals surface area contributed by atoms with Crippen LogP contribution in [0.3, 0.4) is 0 Å². The van der Waals surface area contributed by atoms with E-state index in [4.69, 9.17) is 4.74 Å². The first kappa shape index (κ1) is 11.5. The number of hydrogen-bond acceptors (Lipinski definition) is 4. The van der Waals surface area contributed by atoms with E-state index in [1.165, 1.54) is 23.3 Å². The number of thiophene rings is 1. The summed E-state index contributed by atoms with van der Waals surface area (Å²) < 4.78 is 5.33. The summed E-state index contributed by atoms with van der Waals surface area (Å²) in [5.41, 5.74) is 1.43. The minimum absolute atomic E-state index is 0.365. The van der Waals surface area contributed by atoms with Crippen molar-refractivity contribution in [3.8, 4) is 5.75 Å². The lowest BCUT2D eigenvalue weighted by Crippen LogP contribution is -2.16. The standard InChI is InChI=1S/C14H16N2OS/c1-17-12-5-3-8-15-14(12)16-11-4-2-6-13-10(11)7-9-18-13/h3,5,7-9,11H,2,4,6H2,1H3,(H,15,16). The summed E-state index contributed by atoms with van der Waals surface area (Å²) in [5, 5.41) is 5.69. The summed E-state index contributed by atoms with van der Waals surface area (Å²) in [6, 6.07) is 6.42. The average molecular weight is 260 g/mol. The van der Waals surface area contributed by atoms with Gasteiger partial charge < -0.3 is 10.1 Å². The predicted molar refractivity (Wildman–Crippen MR) is 74.4 cm³/mol. The van der Waals surface area contributed by atoms with E-state index >= 15 is 0 Å². The zero-order valence-corrected chi connectivity index (χ0v) is 11.2. The minimum atomic E-state index is 0.365. The number of anilines is 1. The Morgan fingerprint density at radius 3 is 3.28 bits per heavy atom. The maximum atomic E-state index is 5.33. The monoisotopic (exact) mass is 260 g/mol. The summed E-state index contributed by atoms with van der Waals surface area (Å²) in [5.74, 6) is 1.64. The second kappa shape index (κ2) is 4.98. The predicted octanol–water partition coefficient (Wildman–Crippen LogP) is 3.64. The third-order valence-electron chi connectivity index (χ3n) is 3.35. The van der Waals surface area contributed by atoms with Gasteiger partial charge in [0.1, 0.15) is 0 Å². The van der Waals surface area contributed by atoms with Gasteiger partial charge >= 0.3 is 0 Å². The van der Waals surface area contributed by atoms with Crippen LogP contribution in [0.25, 0.3) is 0 Å². The molecule has 3 rings (SSSR count). The van der Waals surface area contributed by atoms with Gasteiger partial charge in [0.15, 0.2) is 11.6 Å². The molecular formula is C14H16N2OS. The Kier molecular flexibility index (Phi) is 3.19. The Balaban J connectivity index is 1.86. The van der Waals surface area contributed by atoms with Gasteiger partial charge in [0.05, 0.1) is 13.2 Å². The molecule has 4 heteroatoms. The number of hydrogen-bond donors (Lipinski definition) is 1. The van der Waals surface area contributed by atoms with Gasteiger partial charge in [0.2, 0.25) is 0 Å². The molecule has 2 aromatic rings. The number of pyridine rings is 1. The number of aromatic nitrogens is 1. The lowest BCUT2D eigenvalue weighted by atomic mass is 9.94. The van der Waals surface area contributed by atoms with Crippen molar-refractivity contribution in [1.29, 1.82) is 0 Å². The number of methoxy groups -OCH3 is 1. The van der Waals surface area contributed by atoms with Gasteiger partial charge in [-0.1, -0.05) is 0 Å². The van der Waals surface area contributed by atoms with Gasteiger partial charge in [0.25, 0.3) is 0 Å². The first-order valence-corrected chi connectivity index (χ1v) is 7.08. The van der Waals surface area contributed by atoms with Crippen LogP contribution in [0.1, 0.15) is 29.3 Å². The third-order valence-corrected chi connectivity index (χ3v) is 4.35. The van der Waals surface area contributed by atoms with Gasteiger partial charge in [-0.2, -0.15) is 0 Å². The van der Waals surface area contributed by atoms with Crippen LogP contribution in [0.5, 0.6) is 5.75 Å². The molecule has 94 valence electrons. The Morgan fingerprint density at radius 1 is 1.44 bits per heavy atom. The Bertz CT molecular complexity index is 538. The van der Waals surface area contributed by atoms with Crippen LogP contribution in [-0.2, 0) is 6.42 Å². The summed E-state index contributed by atoms with van der Waals surface area (Å²) in [6.45, 7) is 0. The highest BCUT2D eigenvalue weighted by atomic mass is 32.1. The fourth-order valence-corrected chi connectivity index (χ4v) is 3.45. The van der Waals surface area contributed by atoms with Crippen molar-refractivity contribution in [1.82, 2.24) is 4.98 Å². The highest BCUT2D eigenvalue weighted by Gasteiger charge is 2.22. The maximum Gasteiger partial charge on any atom is 0.169 e. The lowest BCUT2D eigenvalue weighted by Gasteiger charge is -2.24. The molecule has 0 amide bonds. The fraction of sp³-hybridized carbons (Fsp3) is 0.357. The molecule has 1 aliphatic carbocycles. The van der Waals surface area contributed by atoms with Crippen LogP contribution < -0.4 is 10.1 Å². The highest BCUT2D eigenvalue weighted by Crippen LogP contribution is 2.36. The number of ether oxygens (including phenoxy) is 1. The molecule has 1 atom stereocenters. The molecule has 0 bridgehead atoms. The molecule has 1 aliphatic rings. The van der Waals surface area contributed by atoms with Crippen molar-refractivity contribution >= 4 is 17.2 Å². The Labute approximate surface area is 111 Å². The second-order valence-corrected chi connectivity index (χ2v) is 5.44. The molecule has 0 fully saturated rings. The zero-order valence-electron chi connectivity index (χ0n) is 10.3. The van der Waals surface area contributed by atoms with E-state index < -0.39 is 0 Å². The quantitative estimate of drug-likeness (QED) is 0.914. The van der Waals surface area contributed by atoms with Crippen LogP contribution in [0.15, 0.2) is 29.8 Å². The van der Waals surface area contributed by atoms with Crippen LogP contribution in [0.4, 0.5) is 5.82 Å². The first-order chi connectivity index (χ1) is 8.88. The molecule has 3 nitrogen and oxygen atoms in total. The molecule has 2 aromatic heterocycles. The van der Waals surface area contributed by atoms with Crippen molar-refractivity contribution in [2.45, 2.75) is 25.3 Å². The van der Waals surface area contributed by atoms with Gasteiger partial charge in [0, 0.05) is 11.1 Å². The zero-order chi connectivity index (χ0) is 12.4.